The van der Waals surface area contributed by atoms with E-state index in [1.54, 1.807) is 0 Å². The van der Waals surface area contributed by atoms with Gasteiger partial charge in [0.2, 0.25) is 0 Å². The van der Waals surface area contributed by atoms with Gasteiger partial charge in [0.15, 0.2) is 0 Å². The second-order valence-corrected chi connectivity index (χ2v) is 5.52. The van der Waals surface area contributed by atoms with E-state index < -0.39 is 12.0 Å². The number of hydrogen-bond donors (Lipinski definition) is 2. The summed E-state index contributed by atoms with van der Waals surface area (Å²) in [5.41, 5.74) is 2.15. The number of benzene rings is 1. The van der Waals surface area contributed by atoms with Crippen molar-refractivity contribution in [2.75, 3.05) is 6.54 Å². The third-order valence-electron chi connectivity index (χ3n) is 3.27. The first-order chi connectivity index (χ1) is 8.58. The number of carboxylic acid groups (broad SMARTS) is 1. The number of carbonyl (C=O) groups is 1. The summed E-state index contributed by atoms with van der Waals surface area (Å²) in [5, 5.41) is 12.4. The molecule has 1 aromatic carbocycles. The molecule has 18 heavy (non-hydrogen) atoms. The maximum absolute atomic E-state index is 11.3. The molecule has 3 nitrogen and oxygen atoms in total. The highest BCUT2D eigenvalue weighted by molar-refractivity contribution is 5.75. The van der Waals surface area contributed by atoms with Crippen LogP contribution in [0.25, 0.3) is 0 Å². The van der Waals surface area contributed by atoms with E-state index in [4.69, 9.17) is 0 Å². The largest absolute Gasteiger partial charge is 0.480 e. The van der Waals surface area contributed by atoms with Crippen molar-refractivity contribution in [3.05, 3.63) is 35.4 Å². The summed E-state index contributed by atoms with van der Waals surface area (Å²) in [5.74, 6) is 0.298. The van der Waals surface area contributed by atoms with E-state index in [1.165, 1.54) is 18.4 Å². The Morgan fingerprint density at radius 3 is 2.72 bits per heavy atom. The average molecular weight is 247 g/mol. The zero-order chi connectivity index (χ0) is 13.1. The Morgan fingerprint density at radius 1 is 1.44 bits per heavy atom. The Morgan fingerprint density at radius 2 is 2.17 bits per heavy atom. The van der Waals surface area contributed by atoms with E-state index in [1.807, 2.05) is 18.2 Å². The molecule has 1 aliphatic carbocycles. The van der Waals surface area contributed by atoms with E-state index in [2.05, 4.69) is 25.2 Å². The molecule has 0 bridgehead atoms. The maximum atomic E-state index is 11.3. The summed E-state index contributed by atoms with van der Waals surface area (Å²) in [7, 11) is 0. The molecular weight excluding hydrogens is 226 g/mol. The topological polar surface area (TPSA) is 49.3 Å². The van der Waals surface area contributed by atoms with Gasteiger partial charge in [0.1, 0.15) is 6.04 Å². The minimum absolute atomic E-state index is 0.443. The summed E-state index contributed by atoms with van der Waals surface area (Å²) < 4.78 is 0. The highest BCUT2D eigenvalue weighted by atomic mass is 16.4. The van der Waals surface area contributed by atoms with Crippen molar-refractivity contribution in [1.29, 1.82) is 0 Å². The highest BCUT2D eigenvalue weighted by Crippen LogP contribution is 2.40. The highest BCUT2D eigenvalue weighted by Gasteiger charge is 2.25. The van der Waals surface area contributed by atoms with Crippen LogP contribution in [0.15, 0.2) is 24.3 Å². The molecule has 1 fully saturated rings. The van der Waals surface area contributed by atoms with E-state index in [-0.39, 0.29) is 0 Å². The monoisotopic (exact) mass is 247 g/mol. The van der Waals surface area contributed by atoms with Crippen molar-refractivity contribution in [2.24, 2.45) is 5.92 Å². The first-order valence-electron chi connectivity index (χ1n) is 6.64. The van der Waals surface area contributed by atoms with Crippen molar-refractivity contribution in [1.82, 2.24) is 5.32 Å². The van der Waals surface area contributed by atoms with Crippen molar-refractivity contribution >= 4 is 5.97 Å². The van der Waals surface area contributed by atoms with Crippen LogP contribution >= 0.6 is 0 Å². The van der Waals surface area contributed by atoms with Crippen LogP contribution in [0.2, 0.25) is 0 Å². The molecule has 2 N–H and O–H groups in total. The van der Waals surface area contributed by atoms with Gasteiger partial charge in [0.05, 0.1) is 0 Å². The molecule has 0 heterocycles. The molecule has 0 amide bonds. The van der Waals surface area contributed by atoms with Gasteiger partial charge in [-0.25, -0.2) is 0 Å². The number of rotatable bonds is 6. The van der Waals surface area contributed by atoms with Crippen molar-refractivity contribution in [3.63, 3.8) is 0 Å². The SMILES string of the molecule is CC(C)CNC(C(=O)O)c1cccc(C2CC2)c1. The second kappa shape index (κ2) is 5.53. The molecule has 1 aliphatic rings. The van der Waals surface area contributed by atoms with Crippen molar-refractivity contribution < 1.29 is 9.90 Å². The zero-order valence-electron chi connectivity index (χ0n) is 11.0. The Kier molecular flexibility index (Phi) is 4.02. The molecule has 98 valence electrons. The predicted octanol–water partition coefficient (Wildman–Crippen LogP) is 2.94. The summed E-state index contributed by atoms with van der Waals surface area (Å²) in [6, 6.07) is 7.42. The summed E-state index contributed by atoms with van der Waals surface area (Å²) >= 11 is 0. The number of hydrogen-bond acceptors (Lipinski definition) is 2. The van der Waals surface area contributed by atoms with Crippen LogP contribution in [0.3, 0.4) is 0 Å². The first-order valence-corrected chi connectivity index (χ1v) is 6.64. The number of carboxylic acids is 1. The summed E-state index contributed by atoms with van der Waals surface area (Å²) in [6.45, 7) is 4.86. The smallest absolute Gasteiger partial charge is 0.325 e. The predicted molar refractivity (Wildman–Crippen MR) is 71.6 cm³/mol. The van der Waals surface area contributed by atoms with Crippen LogP contribution in [0.5, 0.6) is 0 Å². The molecular formula is C15H21NO2. The van der Waals surface area contributed by atoms with Gasteiger partial charge in [-0.3, -0.25) is 4.79 Å². The Bertz CT molecular complexity index is 424. The standard InChI is InChI=1S/C15H21NO2/c1-10(2)9-16-14(15(17)18)13-5-3-4-12(8-13)11-6-7-11/h3-5,8,10-11,14,16H,6-7,9H2,1-2H3,(H,17,18). The van der Waals surface area contributed by atoms with E-state index >= 15 is 0 Å². The molecule has 3 heteroatoms. The van der Waals surface area contributed by atoms with Gasteiger partial charge in [0, 0.05) is 0 Å². The van der Waals surface area contributed by atoms with Gasteiger partial charge in [-0.05, 0) is 42.3 Å². The van der Waals surface area contributed by atoms with Crippen LogP contribution in [0, 0.1) is 5.92 Å². The van der Waals surface area contributed by atoms with Gasteiger partial charge < -0.3 is 10.4 Å². The second-order valence-electron chi connectivity index (χ2n) is 5.52. The molecule has 0 aromatic heterocycles. The summed E-state index contributed by atoms with van der Waals surface area (Å²) in [6.07, 6.45) is 2.47. The molecule has 1 atom stereocenters. The molecule has 1 saturated carbocycles. The van der Waals surface area contributed by atoms with Gasteiger partial charge in [0.25, 0.3) is 0 Å². The van der Waals surface area contributed by atoms with Crippen LogP contribution in [0.1, 0.15) is 49.8 Å². The molecule has 0 radical (unpaired) electrons. The van der Waals surface area contributed by atoms with Crippen molar-refractivity contribution in [3.8, 4) is 0 Å². The summed E-state index contributed by atoms with van der Waals surface area (Å²) in [4.78, 5) is 11.3. The lowest BCUT2D eigenvalue weighted by Crippen LogP contribution is -2.31. The fraction of sp³-hybridized carbons (Fsp3) is 0.533. The average Bonchev–Trinajstić information content (AvgIpc) is 3.12. The van der Waals surface area contributed by atoms with Gasteiger partial charge in [-0.1, -0.05) is 38.1 Å². The van der Waals surface area contributed by atoms with E-state index in [0.29, 0.717) is 18.4 Å². The van der Waals surface area contributed by atoms with Gasteiger partial charge in [-0.15, -0.1) is 0 Å². The lowest BCUT2D eigenvalue weighted by molar-refractivity contribution is -0.139. The molecule has 0 spiro atoms. The zero-order valence-corrected chi connectivity index (χ0v) is 11.0. The first kappa shape index (κ1) is 13.1. The lowest BCUT2D eigenvalue weighted by Gasteiger charge is -2.17. The number of aliphatic carboxylic acids is 1. The molecule has 0 aliphatic heterocycles. The maximum Gasteiger partial charge on any atom is 0.325 e. The van der Waals surface area contributed by atoms with Gasteiger partial charge in [-0.2, -0.15) is 0 Å². The fourth-order valence-corrected chi connectivity index (χ4v) is 2.11. The van der Waals surface area contributed by atoms with Gasteiger partial charge >= 0.3 is 5.97 Å². The molecule has 0 saturated heterocycles. The van der Waals surface area contributed by atoms with E-state index in [9.17, 15) is 9.90 Å². The minimum Gasteiger partial charge on any atom is -0.480 e. The van der Waals surface area contributed by atoms with Crippen molar-refractivity contribution in [2.45, 2.75) is 38.6 Å². The lowest BCUT2D eigenvalue weighted by atomic mass is 10.0. The number of nitrogens with one attached hydrogen (secondary N) is 1. The third kappa shape index (κ3) is 3.33. The van der Waals surface area contributed by atoms with Crippen LogP contribution in [0.4, 0.5) is 0 Å². The third-order valence-corrected chi connectivity index (χ3v) is 3.27. The quantitative estimate of drug-likeness (QED) is 0.812. The molecule has 1 aromatic rings. The molecule has 1 unspecified atom stereocenters. The normalized spacial score (nSPS) is 16.8. The Labute approximate surface area is 108 Å². The molecule has 2 rings (SSSR count). The van der Waals surface area contributed by atoms with E-state index in [0.717, 1.165) is 5.56 Å². The Hall–Kier alpha value is -1.35. The van der Waals surface area contributed by atoms with Crippen LogP contribution < -0.4 is 5.32 Å². The van der Waals surface area contributed by atoms with Crippen LogP contribution in [-0.4, -0.2) is 17.6 Å². The van der Waals surface area contributed by atoms with Crippen LogP contribution in [-0.2, 0) is 4.79 Å². The minimum atomic E-state index is -0.802. The Balaban J connectivity index is 2.13. The fourth-order valence-electron chi connectivity index (χ4n) is 2.11.